The first-order chi connectivity index (χ1) is 15.9. The molecule has 1 aliphatic rings. The maximum absolute atomic E-state index is 13.2. The first-order valence-electron chi connectivity index (χ1n) is 11.0. The Morgan fingerprint density at radius 3 is 2.33 bits per heavy atom. The number of piperidine rings is 1. The molecule has 1 saturated heterocycles. The molecule has 33 heavy (non-hydrogen) atoms. The number of rotatable bonds is 5. The summed E-state index contributed by atoms with van der Waals surface area (Å²) < 4.78 is 1.74. The zero-order valence-corrected chi connectivity index (χ0v) is 18.7. The van der Waals surface area contributed by atoms with Crippen molar-refractivity contribution in [1.82, 2.24) is 14.7 Å². The number of hydrogen-bond donors (Lipinski definition) is 2. The number of benzene rings is 2. The highest BCUT2D eigenvalue weighted by Gasteiger charge is 2.28. The summed E-state index contributed by atoms with van der Waals surface area (Å²) in [5.41, 5.74) is 9.34. The number of primary amides is 1. The molecule has 8 heteroatoms. The summed E-state index contributed by atoms with van der Waals surface area (Å²) in [7, 11) is 0. The van der Waals surface area contributed by atoms with Crippen LogP contribution in [0.15, 0.2) is 54.7 Å². The molecular weight excluding hydrogens is 418 g/mol. The van der Waals surface area contributed by atoms with Gasteiger partial charge in [-0.25, -0.2) is 4.68 Å². The van der Waals surface area contributed by atoms with Crippen molar-refractivity contribution in [2.75, 3.05) is 18.4 Å². The van der Waals surface area contributed by atoms with E-state index >= 15 is 0 Å². The molecular formula is C25H27N5O3. The highest BCUT2D eigenvalue weighted by Crippen LogP contribution is 2.24. The predicted molar refractivity (Wildman–Crippen MR) is 125 cm³/mol. The van der Waals surface area contributed by atoms with E-state index in [1.807, 2.05) is 38.1 Å². The van der Waals surface area contributed by atoms with Gasteiger partial charge in [0.25, 0.3) is 11.8 Å². The van der Waals surface area contributed by atoms with Gasteiger partial charge in [-0.3, -0.25) is 14.4 Å². The molecule has 0 spiro atoms. The third-order valence-electron chi connectivity index (χ3n) is 6.19. The van der Waals surface area contributed by atoms with Crippen molar-refractivity contribution in [2.24, 2.45) is 11.7 Å². The van der Waals surface area contributed by atoms with E-state index in [2.05, 4.69) is 10.4 Å². The van der Waals surface area contributed by atoms with E-state index in [-0.39, 0.29) is 23.6 Å². The minimum atomic E-state index is -0.333. The summed E-state index contributed by atoms with van der Waals surface area (Å²) in [6, 6.07) is 14.8. The van der Waals surface area contributed by atoms with E-state index in [0.717, 1.165) is 11.3 Å². The fourth-order valence-corrected chi connectivity index (χ4v) is 4.18. The number of carbonyl (C=O) groups excluding carboxylic acids is 3. The zero-order chi connectivity index (χ0) is 23.5. The van der Waals surface area contributed by atoms with Crippen LogP contribution in [0.2, 0.25) is 0 Å². The highest BCUT2D eigenvalue weighted by molar-refractivity contribution is 6.09. The minimum Gasteiger partial charge on any atom is -0.369 e. The van der Waals surface area contributed by atoms with Gasteiger partial charge >= 0.3 is 0 Å². The normalized spacial score (nSPS) is 14.2. The first-order valence-corrected chi connectivity index (χ1v) is 11.0. The molecule has 3 N–H and O–H groups in total. The van der Waals surface area contributed by atoms with Crippen molar-refractivity contribution in [3.05, 3.63) is 77.1 Å². The number of nitrogens with one attached hydrogen (secondary N) is 1. The lowest BCUT2D eigenvalue weighted by Gasteiger charge is -2.31. The smallest absolute Gasteiger partial charge is 0.259 e. The van der Waals surface area contributed by atoms with E-state index in [1.54, 1.807) is 33.8 Å². The van der Waals surface area contributed by atoms with Crippen molar-refractivity contribution in [2.45, 2.75) is 26.7 Å². The fraction of sp³-hybridized carbons (Fsp3) is 0.280. The van der Waals surface area contributed by atoms with Crippen LogP contribution in [0.5, 0.6) is 0 Å². The number of nitrogens with zero attached hydrogens (tertiary/aromatic N) is 3. The number of aryl methyl sites for hydroxylation is 1. The fourth-order valence-electron chi connectivity index (χ4n) is 4.18. The molecule has 8 nitrogen and oxygen atoms in total. The second-order valence-corrected chi connectivity index (χ2v) is 8.31. The molecule has 0 radical (unpaired) electrons. The zero-order valence-electron chi connectivity index (χ0n) is 18.7. The van der Waals surface area contributed by atoms with Crippen LogP contribution in [-0.4, -0.2) is 45.5 Å². The Morgan fingerprint density at radius 1 is 0.970 bits per heavy atom. The van der Waals surface area contributed by atoms with Crippen molar-refractivity contribution >= 4 is 23.4 Å². The summed E-state index contributed by atoms with van der Waals surface area (Å²) in [6.07, 6.45) is 2.63. The molecule has 0 unspecified atom stereocenters. The van der Waals surface area contributed by atoms with Crippen LogP contribution < -0.4 is 11.1 Å². The van der Waals surface area contributed by atoms with Crippen molar-refractivity contribution in [1.29, 1.82) is 0 Å². The van der Waals surface area contributed by atoms with Crippen LogP contribution in [0.3, 0.4) is 0 Å². The molecule has 0 bridgehead atoms. The quantitative estimate of drug-likeness (QED) is 0.629. The van der Waals surface area contributed by atoms with Gasteiger partial charge in [-0.15, -0.1) is 0 Å². The van der Waals surface area contributed by atoms with Crippen LogP contribution in [0.1, 0.15) is 44.8 Å². The summed E-state index contributed by atoms with van der Waals surface area (Å²) >= 11 is 0. The van der Waals surface area contributed by atoms with Crippen LogP contribution in [-0.2, 0) is 4.79 Å². The van der Waals surface area contributed by atoms with Gasteiger partial charge in [0.2, 0.25) is 5.91 Å². The van der Waals surface area contributed by atoms with Crippen LogP contribution in [0, 0.1) is 19.8 Å². The van der Waals surface area contributed by atoms with Crippen molar-refractivity contribution in [3.8, 4) is 5.69 Å². The Hall–Kier alpha value is -3.94. The molecule has 170 valence electrons. The van der Waals surface area contributed by atoms with Gasteiger partial charge in [0.15, 0.2) is 0 Å². The number of carbonyl (C=O) groups is 3. The number of amides is 3. The predicted octanol–water partition coefficient (Wildman–Crippen LogP) is 3.08. The van der Waals surface area contributed by atoms with E-state index in [1.165, 1.54) is 6.20 Å². The summed E-state index contributed by atoms with van der Waals surface area (Å²) in [4.78, 5) is 39.4. The SMILES string of the molecule is Cc1ccccc1-n1ncc(C(=O)Nc2ccccc2C(=O)N2CCC(C(N)=O)CC2)c1C. The molecule has 2 heterocycles. The van der Waals surface area contributed by atoms with Crippen LogP contribution in [0.25, 0.3) is 5.69 Å². The lowest BCUT2D eigenvalue weighted by atomic mass is 9.95. The van der Waals surface area contributed by atoms with E-state index in [0.29, 0.717) is 48.4 Å². The Morgan fingerprint density at radius 2 is 1.64 bits per heavy atom. The summed E-state index contributed by atoms with van der Waals surface area (Å²) in [6.45, 7) is 4.74. The minimum absolute atomic E-state index is 0.179. The van der Waals surface area contributed by atoms with Gasteiger partial charge in [-0.2, -0.15) is 5.10 Å². The van der Waals surface area contributed by atoms with Crippen molar-refractivity contribution in [3.63, 3.8) is 0 Å². The van der Waals surface area contributed by atoms with Crippen molar-refractivity contribution < 1.29 is 14.4 Å². The molecule has 1 fully saturated rings. The molecule has 4 rings (SSSR count). The Balaban J connectivity index is 1.53. The number of hydrogen-bond acceptors (Lipinski definition) is 4. The van der Waals surface area contributed by atoms with Gasteiger partial charge < -0.3 is 16.0 Å². The van der Waals surface area contributed by atoms with E-state index in [4.69, 9.17) is 5.73 Å². The third-order valence-corrected chi connectivity index (χ3v) is 6.19. The van der Waals surface area contributed by atoms with Crippen LogP contribution in [0.4, 0.5) is 5.69 Å². The van der Waals surface area contributed by atoms with Gasteiger partial charge in [-0.1, -0.05) is 30.3 Å². The lowest BCUT2D eigenvalue weighted by molar-refractivity contribution is -0.123. The van der Waals surface area contributed by atoms with E-state index < -0.39 is 0 Å². The number of likely N-dealkylation sites (tertiary alicyclic amines) is 1. The van der Waals surface area contributed by atoms with E-state index in [9.17, 15) is 14.4 Å². The standard InChI is InChI=1S/C25H27N5O3/c1-16-7-3-6-10-22(16)30-17(2)20(15-27-30)24(32)28-21-9-5-4-8-19(21)25(33)29-13-11-18(12-14-29)23(26)31/h3-10,15,18H,11-14H2,1-2H3,(H2,26,31)(H,28,32). The maximum atomic E-state index is 13.2. The number of para-hydroxylation sites is 2. The molecule has 0 atom stereocenters. The molecule has 0 saturated carbocycles. The Labute approximate surface area is 192 Å². The topological polar surface area (TPSA) is 110 Å². The number of anilines is 1. The van der Waals surface area contributed by atoms with Gasteiger partial charge in [0.1, 0.15) is 0 Å². The molecule has 1 aromatic heterocycles. The molecule has 1 aliphatic heterocycles. The van der Waals surface area contributed by atoms with Gasteiger partial charge in [0.05, 0.1) is 34.4 Å². The summed E-state index contributed by atoms with van der Waals surface area (Å²) in [5, 5.41) is 7.28. The first kappa shape index (κ1) is 22.3. The van der Waals surface area contributed by atoms with Gasteiger partial charge in [-0.05, 0) is 50.5 Å². The monoisotopic (exact) mass is 445 g/mol. The van der Waals surface area contributed by atoms with Crippen LogP contribution >= 0.6 is 0 Å². The Bertz CT molecular complexity index is 1210. The Kier molecular flexibility index (Phi) is 6.26. The second kappa shape index (κ2) is 9.28. The maximum Gasteiger partial charge on any atom is 0.259 e. The molecule has 3 amide bonds. The average molecular weight is 446 g/mol. The highest BCUT2D eigenvalue weighted by atomic mass is 16.2. The molecule has 0 aliphatic carbocycles. The number of aromatic nitrogens is 2. The lowest BCUT2D eigenvalue weighted by Crippen LogP contribution is -2.42. The summed E-state index contributed by atoms with van der Waals surface area (Å²) in [5.74, 6) is -1.03. The van der Waals surface area contributed by atoms with Gasteiger partial charge in [0, 0.05) is 19.0 Å². The second-order valence-electron chi connectivity index (χ2n) is 8.31. The average Bonchev–Trinajstić information content (AvgIpc) is 3.20. The molecule has 2 aromatic carbocycles. The third kappa shape index (κ3) is 4.50. The largest absolute Gasteiger partial charge is 0.369 e. The number of nitrogens with two attached hydrogens (primary N) is 1. The molecule has 3 aromatic rings.